The maximum Gasteiger partial charge on any atom is 0.259 e. The van der Waals surface area contributed by atoms with E-state index in [1.807, 2.05) is 6.92 Å². The Bertz CT molecular complexity index is 1380. The molecule has 2 aromatic carbocycles. The van der Waals surface area contributed by atoms with Crippen LogP contribution in [0.25, 0.3) is 6.08 Å². The summed E-state index contributed by atoms with van der Waals surface area (Å²) >= 11 is 0. The predicted molar refractivity (Wildman–Crippen MR) is 147 cm³/mol. The van der Waals surface area contributed by atoms with E-state index in [1.165, 1.54) is 18.2 Å². The van der Waals surface area contributed by atoms with Gasteiger partial charge in [0.1, 0.15) is 12.0 Å². The second kappa shape index (κ2) is 11.1. The van der Waals surface area contributed by atoms with Gasteiger partial charge in [-0.15, -0.1) is 0 Å². The number of hydrogen-bond acceptors (Lipinski definition) is 7. The van der Waals surface area contributed by atoms with Gasteiger partial charge in [0, 0.05) is 23.8 Å². The van der Waals surface area contributed by atoms with Crippen LogP contribution in [0.5, 0.6) is 5.75 Å². The zero-order chi connectivity index (χ0) is 29.6. The minimum absolute atomic E-state index is 0.0420. The molecule has 10 heteroatoms. The highest BCUT2D eigenvalue weighted by Crippen LogP contribution is 2.60. The van der Waals surface area contributed by atoms with Gasteiger partial charge >= 0.3 is 0 Å². The van der Waals surface area contributed by atoms with E-state index in [1.54, 1.807) is 24.3 Å². The van der Waals surface area contributed by atoms with Gasteiger partial charge in [0.05, 0.1) is 0 Å². The van der Waals surface area contributed by atoms with Crippen molar-refractivity contribution in [3.05, 3.63) is 71.3 Å². The van der Waals surface area contributed by atoms with Gasteiger partial charge in [-0.25, -0.2) is 18.6 Å². The maximum absolute atomic E-state index is 13.4. The van der Waals surface area contributed by atoms with E-state index in [0.29, 0.717) is 29.2 Å². The van der Waals surface area contributed by atoms with Gasteiger partial charge in [0.2, 0.25) is 5.79 Å². The molecule has 4 heterocycles. The van der Waals surface area contributed by atoms with Crippen molar-refractivity contribution < 1.29 is 42.4 Å². The average molecular weight is 584 g/mol. The number of carbonyl (C=O) groups excluding carboxylic acids is 2. The number of rotatable bonds is 7. The van der Waals surface area contributed by atoms with E-state index in [2.05, 4.69) is 19.2 Å². The van der Waals surface area contributed by atoms with Gasteiger partial charge in [-0.05, 0) is 86.1 Å². The SMILES string of the molecule is C[C@H]1[C@H](NC(=O)COc2ccc(C(=O)/C=C/c3ccc(F)c(F)c3)cc2)O[C@@H]2O[C@]3(C)CC[C@H]4[C@H](C)CC[C@@H]1[C@@]24OO3. The summed E-state index contributed by atoms with van der Waals surface area (Å²) in [4.78, 5) is 37.4. The highest BCUT2D eigenvalue weighted by molar-refractivity contribution is 6.06. The summed E-state index contributed by atoms with van der Waals surface area (Å²) in [6.07, 6.45) is 5.09. The zero-order valence-electron chi connectivity index (χ0n) is 23.8. The Morgan fingerprint density at radius 1 is 1.02 bits per heavy atom. The quantitative estimate of drug-likeness (QED) is 0.259. The van der Waals surface area contributed by atoms with E-state index < -0.39 is 35.5 Å². The molecular formula is C32H35F2NO7. The van der Waals surface area contributed by atoms with Crippen molar-refractivity contribution in [1.29, 1.82) is 0 Å². The third kappa shape index (κ3) is 5.25. The molecule has 1 saturated carbocycles. The van der Waals surface area contributed by atoms with Crippen LogP contribution in [0.3, 0.4) is 0 Å². The molecule has 1 N–H and O–H groups in total. The monoisotopic (exact) mass is 583 g/mol. The maximum atomic E-state index is 13.4. The Labute approximate surface area is 243 Å². The molecule has 7 rings (SSSR count). The number of ketones is 1. The van der Waals surface area contributed by atoms with E-state index in [-0.39, 0.29) is 36.1 Å². The summed E-state index contributed by atoms with van der Waals surface area (Å²) in [5.41, 5.74) is 0.0429. The molecule has 2 bridgehead atoms. The third-order valence-electron chi connectivity index (χ3n) is 9.34. The summed E-state index contributed by atoms with van der Waals surface area (Å²) in [5, 5.41) is 2.97. The molecule has 0 radical (unpaired) electrons. The van der Waals surface area contributed by atoms with Crippen molar-refractivity contribution >= 4 is 17.8 Å². The molecule has 4 aliphatic heterocycles. The Balaban J connectivity index is 1.05. The summed E-state index contributed by atoms with van der Waals surface area (Å²) in [6, 6.07) is 9.71. The van der Waals surface area contributed by atoms with Crippen molar-refractivity contribution in [3.8, 4) is 5.75 Å². The Hall–Kier alpha value is -3.18. The van der Waals surface area contributed by atoms with Gasteiger partial charge in [-0.1, -0.05) is 26.0 Å². The molecule has 1 spiro atoms. The molecule has 8 atom stereocenters. The van der Waals surface area contributed by atoms with E-state index in [4.69, 9.17) is 24.0 Å². The third-order valence-corrected chi connectivity index (χ3v) is 9.34. The number of ether oxygens (including phenoxy) is 3. The second-order valence-corrected chi connectivity index (χ2v) is 12.1. The van der Waals surface area contributed by atoms with Crippen molar-refractivity contribution in [2.75, 3.05) is 6.61 Å². The van der Waals surface area contributed by atoms with Gasteiger partial charge in [-0.2, -0.15) is 0 Å². The van der Waals surface area contributed by atoms with Crippen LogP contribution in [0.4, 0.5) is 8.78 Å². The largest absolute Gasteiger partial charge is 0.484 e. The molecule has 5 fully saturated rings. The Morgan fingerprint density at radius 3 is 2.57 bits per heavy atom. The first-order valence-electron chi connectivity index (χ1n) is 14.5. The first-order chi connectivity index (χ1) is 20.1. The lowest BCUT2D eigenvalue weighted by Gasteiger charge is -2.60. The van der Waals surface area contributed by atoms with Crippen LogP contribution in [0.15, 0.2) is 48.5 Å². The molecule has 224 valence electrons. The van der Waals surface area contributed by atoms with Crippen molar-refractivity contribution in [1.82, 2.24) is 5.32 Å². The highest BCUT2D eigenvalue weighted by atomic mass is 19.2. The Kier molecular flexibility index (Phi) is 7.67. The van der Waals surface area contributed by atoms with E-state index >= 15 is 0 Å². The standard InChI is InChI=1S/C32H35F2NO7/c1-18-4-11-24-19(2)29(39-30-32(24)23(18)14-15-31(3,40-30)41-42-32)35-28(37)17-38-22-9-7-21(8-10-22)27(36)13-6-20-5-12-25(33)26(34)16-20/h5-10,12-13,16,18-19,23-24,29-30H,4,11,14-15,17H2,1-3H3,(H,35,37)/b13-6+/t18-,19-,23+,24+,29-,30-,31+,32-/m1/s1. The van der Waals surface area contributed by atoms with Crippen LogP contribution in [-0.4, -0.2) is 42.2 Å². The number of halogens is 2. The van der Waals surface area contributed by atoms with Gasteiger partial charge in [0.15, 0.2) is 35.9 Å². The fourth-order valence-corrected chi connectivity index (χ4v) is 7.02. The van der Waals surface area contributed by atoms with Crippen LogP contribution in [0.1, 0.15) is 62.4 Å². The number of amides is 1. The first-order valence-corrected chi connectivity index (χ1v) is 14.5. The first kappa shape index (κ1) is 28.9. The fraction of sp³-hybridized carbons (Fsp3) is 0.500. The number of allylic oxidation sites excluding steroid dienone is 1. The van der Waals surface area contributed by atoms with E-state index in [9.17, 15) is 18.4 Å². The predicted octanol–water partition coefficient (Wildman–Crippen LogP) is 5.56. The molecule has 5 aliphatic rings. The zero-order valence-corrected chi connectivity index (χ0v) is 23.8. The molecule has 42 heavy (non-hydrogen) atoms. The number of fused-ring (bicyclic) bond motifs is 2. The van der Waals surface area contributed by atoms with E-state index in [0.717, 1.165) is 31.4 Å². The topological polar surface area (TPSA) is 92.3 Å². The molecular weight excluding hydrogens is 548 g/mol. The number of carbonyl (C=O) groups is 2. The lowest BCUT2D eigenvalue weighted by atomic mass is 9.58. The summed E-state index contributed by atoms with van der Waals surface area (Å²) in [5.74, 6) is -2.34. The van der Waals surface area contributed by atoms with Gasteiger partial charge in [-0.3, -0.25) is 9.59 Å². The van der Waals surface area contributed by atoms with Crippen LogP contribution in [0, 0.1) is 35.3 Å². The molecule has 1 aliphatic carbocycles. The van der Waals surface area contributed by atoms with Crippen molar-refractivity contribution in [2.45, 2.75) is 70.4 Å². The van der Waals surface area contributed by atoms with Crippen molar-refractivity contribution in [2.24, 2.45) is 23.7 Å². The van der Waals surface area contributed by atoms with Crippen molar-refractivity contribution in [3.63, 3.8) is 0 Å². The number of nitrogens with one attached hydrogen (secondary N) is 1. The normalized spacial score (nSPS) is 35.4. The minimum atomic E-state index is -0.983. The van der Waals surface area contributed by atoms with Crippen LogP contribution in [-0.2, 0) is 24.0 Å². The Morgan fingerprint density at radius 2 is 1.81 bits per heavy atom. The van der Waals surface area contributed by atoms with Crippen LogP contribution >= 0.6 is 0 Å². The fourth-order valence-electron chi connectivity index (χ4n) is 7.02. The second-order valence-electron chi connectivity index (χ2n) is 12.1. The lowest BCUT2D eigenvalue weighted by Crippen LogP contribution is -2.72. The van der Waals surface area contributed by atoms with Gasteiger partial charge in [0.25, 0.3) is 5.91 Å². The summed E-state index contributed by atoms with van der Waals surface area (Å²) < 4.78 is 44.9. The number of benzene rings is 2. The summed E-state index contributed by atoms with van der Waals surface area (Å²) in [7, 11) is 0. The number of hydrogen-bond donors (Lipinski definition) is 1. The molecule has 1 amide bonds. The molecule has 2 aromatic rings. The average Bonchev–Trinajstić information content (AvgIpc) is 3.21. The van der Waals surface area contributed by atoms with Crippen LogP contribution in [0.2, 0.25) is 0 Å². The molecule has 0 aromatic heterocycles. The summed E-state index contributed by atoms with van der Waals surface area (Å²) in [6.45, 7) is 5.94. The molecule has 8 nitrogen and oxygen atoms in total. The lowest BCUT2D eigenvalue weighted by molar-refractivity contribution is -0.571. The highest BCUT2D eigenvalue weighted by Gasteiger charge is 2.69. The molecule has 0 unspecified atom stereocenters. The van der Waals surface area contributed by atoms with Gasteiger partial charge < -0.3 is 19.5 Å². The minimum Gasteiger partial charge on any atom is -0.484 e. The molecule has 4 saturated heterocycles. The smallest absolute Gasteiger partial charge is 0.259 e. The van der Waals surface area contributed by atoms with Crippen LogP contribution < -0.4 is 10.1 Å².